The van der Waals surface area contributed by atoms with E-state index in [0.717, 1.165) is 40.4 Å². The molecule has 2 aromatic rings. The van der Waals surface area contributed by atoms with Gasteiger partial charge in [-0.1, -0.05) is 30.3 Å². The van der Waals surface area contributed by atoms with Crippen LogP contribution in [0.25, 0.3) is 0 Å². The Kier molecular flexibility index (Phi) is 7.06. The Hall–Kier alpha value is -2.74. The van der Waals surface area contributed by atoms with Gasteiger partial charge in [0.2, 0.25) is 10.0 Å². The quantitative estimate of drug-likeness (QED) is 0.555. The molecule has 0 bridgehead atoms. The summed E-state index contributed by atoms with van der Waals surface area (Å²) in [6.07, 6.45) is 2.44. The lowest BCUT2D eigenvalue weighted by Crippen LogP contribution is -2.39. The maximum atomic E-state index is 13.0. The molecule has 0 fully saturated rings. The lowest BCUT2D eigenvalue weighted by molar-refractivity contribution is -0.119. The number of hydrogen-bond acceptors (Lipinski definition) is 4. The standard InChI is InChI=1S/C19H22FN3O3S/c1-15(8-9-16-6-4-3-5-7-16)21-22-19(24)14-23(27(2,25)26)18-12-10-17(20)11-13-18/h3-7,10-13H,8-9,14H2,1-2H3,(H,22,24)/b21-15-. The van der Waals surface area contributed by atoms with Crippen LogP contribution in [0, 0.1) is 5.82 Å². The highest BCUT2D eigenvalue weighted by Gasteiger charge is 2.20. The van der Waals surface area contributed by atoms with E-state index in [2.05, 4.69) is 10.5 Å². The Labute approximate surface area is 158 Å². The van der Waals surface area contributed by atoms with Gasteiger partial charge in [0.25, 0.3) is 5.91 Å². The van der Waals surface area contributed by atoms with E-state index in [1.165, 1.54) is 12.1 Å². The predicted octanol–water partition coefficient (Wildman–Crippen LogP) is 2.72. The molecule has 0 aromatic heterocycles. The number of carbonyl (C=O) groups excluding carboxylic acids is 1. The molecule has 0 aliphatic heterocycles. The second-order valence-corrected chi connectivity index (χ2v) is 8.02. The molecular weight excluding hydrogens is 369 g/mol. The fraction of sp³-hybridized carbons (Fsp3) is 0.263. The summed E-state index contributed by atoms with van der Waals surface area (Å²) in [6.45, 7) is 1.34. The summed E-state index contributed by atoms with van der Waals surface area (Å²) in [5, 5.41) is 4.02. The fourth-order valence-corrected chi connectivity index (χ4v) is 3.21. The number of aryl methyl sites for hydroxylation is 1. The molecule has 6 nitrogen and oxygen atoms in total. The van der Waals surface area contributed by atoms with Crippen LogP contribution in [0.5, 0.6) is 0 Å². The van der Waals surface area contributed by atoms with Gasteiger partial charge in [0, 0.05) is 5.71 Å². The highest BCUT2D eigenvalue weighted by molar-refractivity contribution is 7.92. The zero-order chi connectivity index (χ0) is 19.9. The highest BCUT2D eigenvalue weighted by atomic mass is 32.2. The molecule has 1 N–H and O–H groups in total. The first kappa shape index (κ1) is 20.6. The summed E-state index contributed by atoms with van der Waals surface area (Å²) in [5.41, 5.74) is 4.47. The summed E-state index contributed by atoms with van der Waals surface area (Å²) in [4.78, 5) is 12.1. The van der Waals surface area contributed by atoms with Crippen molar-refractivity contribution in [1.82, 2.24) is 5.43 Å². The molecule has 1 amide bonds. The van der Waals surface area contributed by atoms with Crippen LogP contribution in [0.15, 0.2) is 59.7 Å². The monoisotopic (exact) mass is 391 g/mol. The van der Waals surface area contributed by atoms with Gasteiger partial charge >= 0.3 is 0 Å². The van der Waals surface area contributed by atoms with Crippen LogP contribution in [-0.2, 0) is 21.2 Å². The minimum absolute atomic E-state index is 0.207. The summed E-state index contributed by atoms with van der Waals surface area (Å²) in [5.74, 6) is -1.07. The number of amides is 1. The third kappa shape index (κ3) is 6.82. The Balaban J connectivity index is 1.96. The SMILES string of the molecule is C/C(CCc1ccccc1)=N/NC(=O)CN(c1ccc(F)cc1)S(C)(=O)=O. The minimum atomic E-state index is -3.71. The number of benzene rings is 2. The Morgan fingerprint density at radius 3 is 2.33 bits per heavy atom. The summed E-state index contributed by atoms with van der Waals surface area (Å²) in [7, 11) is -3.71. The zero-order valence-corrected chi connectivity index (χ0v) is 16.0. The van der Waals surface area contributed by atoms with Gasteiger partial charge in [0.1, 0.15) is 12.4 Å². The lowest BCUT2D eigenvalue weighted by atomic mass is 10.1. The number of rotatable bonds is 8. The summed E-state index contributed by atoms with van der Waals surface area (Å²) < 4.78 is 37.9. The number of nitrogens with zero attached hydrogens (tertiary/aromatic N) is 2. The van der Waals surface area contributed by atoms with Crippen molar-refractivity contribution in [3.63, 3.8) is 0 Å². The minimum Gasteiger partial charge on any atom is -0.271 e. The smallest absolute Gasteiger partial charge is 0.260 e. The van der Waals surface area contributed by atoms with Crippen molar-refractivity contribution >= 4 is 27.3 Å². The molecule has 8 heteroatoms. The van der Waals surface area contributed by atoms with Crippen LogP contribution < -0.4 is 9.73 Å². The first-order valence-corrected chi connectivity index (χ1v) is 10.2. The van der Waals surface area contributed by atoms with E-state index in [-0.39, 0.29) is 5.69 Å². The average molecular weight is 391 g/mol. The second-order valence-electron chi connectivity index (χ2n) is 6.11. The largest absolute Gasteiger partial charge is 0.271 e. The number of carbonyl (C=O) groups is 1. The van der Waals surface area contributed by atoms with E-state index in [0.29, 0.717) is 6.42 Å². The van der Waals surface area contributed by atoms with Crippen molar-refractivity contribution < 1.29 is 17.6 Å². The van der Waals surface area contributed by atoms with Crippen molar-refractivity contribution in [3.8, 4) is 0 Å². The third-order valence-corrected chi connectivity index (χ3v) is 4.93. The van der Waals surface area contributed by atoms with E-state index in [9.17, 15) is 17.6 Å². The van der Waals surface area contributed by atoms with Crippen LogP contribution in [0.1, 0.15) is 18.9 Å². The second kappa shape index (κ2) is 9.27. The summed E-state index contributed by atoms with van der Waals surface area (Å²) >= 11 is 0. The highest BCUT2D eigenvalue weighted by Crippen LogP contribution is 2.17. The number of hydrogen-bond donors (Lipinski definition) is 1. The maximum Gasteiger partial charge on any atom is 0.260 e. The first-order chi connectivity index (χ1) is 12.8. The lowest BCUT2D eigenvalue weighted by Gasteiger charge is -2.21. The van der Waals surface area contributed by atoms with E-state index in [4.69, 9.17) is 0 Å². The van der Waals surface area contributed by atoms with Gasteiger partial charge in [-0.25, -0.2) is 18.2 Å². The van der Waals surface area contributed by atoms with Crippen LogP contribution in [-0.4, -0.2) is 32.8 Å². The van der Waals surface area contributed by atoms with Gasteiger partial charge in [0.05, 0.1) is 11.9 Å². The van der Waals surface area contributed by atoms with Gasteiger partial charge in [-0.15, -0.1) is 0 Å². The van der Waals surface area contributed by atoms with E-state index < -0.39 is 28.3 Å². The number of anilines is 1. The molecule has 0 aliphatic rings. The molecule has 0 unspecified atom stereocenters. The van der Waals surface area contributed by atoms with Crippen molar-refractivity contribution in [2.45, 2.75) is 19.8 Å². The number of nitrogens with one attached hydrogen (secondary N) is 1. The maximum absolute atomic E-state index is 13.0. The van der Waals surface area contributed by atoms with Crippen molar-refractivity contribution in [1.29, 1.82) is 0 Å². The molecular formula is C19H22FN3O3S. The van der Waals surface area contributed by atoms with Gasteiger partial charge in [-0.2, -0.15) is 5.10 Å². The van der Waals surface area contributed by atoms with E-state index >= 15 is 0 Å². The average Bonchev–Trinajstić information content (AvgIpc) is 2.63. The normalized spacial score (nSPS) is 11.9. The number of hydrazone groups is 1. The van der Waals surface area contributed by atoms with Crippen LogP contribution >= 0.6 is 0 Å². The predicted molar refractivity (Wildman–Crippen MR) is 105 cm³/mol. The molecule has 0 saturated heterocycles. The van der Waals surface area contributed by atoms with Crippen LogP contribution in [0.3, 0.4) is 0 Å². The molecule has 144 valence electrons. The van der Waals surface area contributed by atoms with Gasteiger partial charge in [-0.3, -0.25) is 9.10 Å². The number of sulfonamides is 1. The topological polar surface area (TPSA) is 78.8 Å². The fourth-order valence-electron chi connectivity index (χ4n) is 2.36. The molecule has 0 spiro atoms. The third-order valence-electron chi connectivity index (χ3n) is 3.79. The molecule has 0 atom stereocenters. The molecule has 0 aliphatic carbocycles. The molecule has 27 heavy (non-hydrogen) atoms. The molecule has 2 rings (SSSR count). The molecule has 0 saturated carbocycles. The van der Waals surface area contributed by atoms with Crippen molar-refractivity contribution in [3.05, 3.63) is 66.0 Å². The Bertz CT molecular complexity index is 898. The Morgan fingerprint density at radius 2 is 1.74 bits per heavy atom. The van der Waals surface area contributed by atoms with Crippen LogP contribution in [0.2, 0.25) is 0 Å². The summed E-state index contributed by atoms with van der Waals surface area (Å²) in [6, 6.07) is 14.8. The van der Waals surface area contributed by atoms with Gasteiger partial charge in [-0.05, 0) is 49.6 Å². The molecule has 0 radical (unpaired) electrons. The van der Waals surface area contributed by atoms with E-state index in [1.54, 1.807) is 6.92 Å². The first-order valence-electron chi connectivity index (χ1n) is 8.35. The number of halogens is 1. The molecule has 2 aromatic carbocycles. The molecule has 0 heterocycles. The van der Waals surface area contributed by atoms with Crippen LogP contribution in [0.4, 0.5) is 10.1 Å². The van der Waals surface area contributed by atoms with Crippen molar-refractivity contribution in [2.75, 3.05) is 17.1 Å². The van der Waals surface area contributed by atoms with Crippen molar-refractivity contribution in [2.24, 2.45) is 5.10 Å². The Morgan fingerprint density at radius 1 is 1.11 bits per heavy atom. The van der Waals surface area contributed by atoms with Gasteiger partial charge in [0.15, 0.2) is 0 Å². The zero-order valence-electron chi connectivity index (χ0n) is 15.2. The van der Waals surface area contributed by atoms with E-state index in [1.807, 2.05) is 30.3 Å². The van der Waals surface area contributed by atoms with Gasteiger partial charge < -0.3 is 0 Å².